The molecule has 0 saturated carbocycles. The van der Waals surface area contributed by atoms with Gasteiger partial charge in [-0.05, 0) is 56.9 Å². The van der Waals surface area contributed by atoms with Gasteiger partial charge in [-0.2, -0.15) is 4.31 Å². The number of aryl methyl sites for hydroxylation is 2. The molecule has 1 aromatic rings. The largest absolute Gasteiger partial charge is 0.243 e. The van der Waals surface area contributed by atoms with Crippen LogP contribution in [0.1, 0.15) is 37.3 Å². The summed E-state index contributed by atoms with van der Waals surface area (Å²) in [6.45, 7) is 6.23. The number of rotatable bonds is 2. The van der Waals surface area contributed by atoms with E-state index >= 15 is 0 Å². The summed E-state index contributed by atoms with van der Waals surface area (Å²) >= 11 is 6.04. The first-order chi connectivity index (χ1) is 8.84. The van der Waals surface area contributed by atoms with Crippen molar-refractivity contribution in [3.05, 3.63) is 28.3 Å². The van der Waals surface area contributed by atoms with Crippen molar-refractivity contribution in [2.45, 2.75) is 51.0 Å². The van der Waals surface area contributed by atoms with Crippen LogP contribution < -0.4 is 0 Å². The summed E-state index contributed by atoms with van der Waals surface area (Å²) in [7, 11) is -3.41. The zero-order valence-corrected chi connectivity index (χ0v) is 13.2. The van der Waals surface area contributed by atoms with Crippen LogP contribution in [0, 0.1) is 13.8 Å². The average Bonchev–Trinajstić information content (AvgIpc) is 2.34. The molecule has 1 atom stereocenters. The zero-order valence-electron chi connectivity index (χ0n) is 11.6. The Labute approximate surface area is 120 Å². The molecule has 1 fully saturated rings. The van der Waals surface area contributed by atoms with Gasteiger partial charge in [0.05, 0.1) is 4.90 Å². The van der Waals surface area contributed by atoms with E-state index in [9.17, 15) is 8.42 Å². The topological polar surface area (TPSA) is 37.4 Å². The monoisotopic (exact) mass is 301 g/mol. The summed E-state index contributed by atoms with van der Waals surface area (Å²) in [5.74, 6) is 0. The van der Waals surface area contributed by atoms with Gasteiger partial charge in [-0.3, -0.25) is 0 Å². The van der Waals surface area contributed by atoms with Gasteiger partial charge in [0, 0.05) is 17.6 Å². The molecule has 0 radical (unpaired) electrons. The Hall–Kier alpha value is -0.580. The molecule has 0 aliphatic carbocycles. The smallest absolute Gasteiger partial charge is 0.207 e. The average molecular weight is 302 g/mol. The maximum atomic E-state index is 12.8. The highest BCUT2D eigenvalue weighted by Crippen LogP contribution is 2.29. The van der Waals surface area contributed by atoms with Gasteiger partial charge in [-0.15, -0.1) is 0 Å². The van der Waals surface area contributed by atoms with Gasteiger partial charge in [-0.1, -0.05) is 18.0 Å². The Morgan fingerprint density at radius 3 is 2.53 bits per heavy atom. The number of sulfonamides is 1. The van der Waals surface area contributed by atoms with E-state index in [0.29, 0.717) is 22.0 Å². The van der Waals surface area contributed by atoms with Crippen LogP contribution in [0.15, 0.2) is 17.0 Å². The number of piperidine rings is 1. The third kappa shape index (κ3) is 2.81. The molecular formula is C14H20ClNO2S. The Morgan fingerprint density at radius 1 is 1.21 bits per heavy atom. The minimum atomic E-state index is -3.41. The van der Waals surface area contributed by atoms with E-state index in [1.807, 2.05) is 13.8 Å². The normalized spacial score (nSPS) is 21.6. The standard InChI is InChI=1S/C14H20ClNO2S/c1-10-9-14(11(2)8-13(10)15)19(17,18)16-7-5-4-6-12(16)3/h8-9,12H,4-7H2,1-3H3/t12-/m1/s1. The van der Waals surface area contributed by atoms with Crippen molar-refractivity contribution in [3.8, 4) is 0 Å². The van der Waals surface area contributed by atoms with Crippen LogP contribution in [0.3, 0.4) is 0 Å². The van der Waals surface area contributed by atoms with Crippen LogP contribution in [-0.2, 0) is 10.0 Å². The molecule has 19 heavy (non-hydrogen) atoms. The summed E-state index contributed by atoms with van der Waals surface area (Å²) in [6.07, 6.45) is 2.98. The lowest BCUT2D eigenvalue weighted by atomic mass is 10.1. The second-order valence-corrected chi connectivity index (χ2v) is 7.59. The minimum absolute atomic E-state index is 0.0779. The van der Waals surface area contributed by atoms with Crippen LogP contribution >= 0.6 is 11.6 Å². The number of hydrogen-bond donors (Lipinski definition) is 0. The van der Waals surface area contributed by atoms with Crippen LogP contribution in [0.25, 0.3) is 0 Å². The van der Waals surface area contributed by atoms with Crippen LogP contribution in [0.4, 0.5) is 0 Å². The summed E-state index contributed by atoms with van der Waals surface area (Å²) in [6, 6.07) is 3.50. The molecular weight excluding hydrogens is 282 g/mol. The molecule has 0 bridgehead atoms. The highest BCUT2D eigenvalue weighted by atomic mass is 35.5. The number of benzene rings is 1. The zero-order chi connectivity index (χ0) is 14.2. The second-order valence-electron chi connectivity index (χ2n) is 5.33. The first-order valence-corrected chi connectivity index (χ1v) is 8.44. The van der Waals surface area contributed by atoms with Crippen LogP contribution in [0.5, 0.6) is 0 Å². The van der Waals surface area contributed by atoms with Crippen molar-refractivity contribution in [1.29, 1.82) is 0 Å². The fourth-order valence-corrected chi connectivity index (χ4v) is 4.80. The number of nitrogens with zero attached hydrogens (tertiary/aromatic N) is 1. The Balaban J connectivity index is 2.47. The molecule has 1 saturated heterocycles. The maximum Gasteiger partial charge on any atom is 0.243 e. The van der Waals surface area contributed by atoms with Crippen molar-refractivity contribution < 1.29 is 8.42 Å². The van der Waals surface area contributed by atoms with E-state index in [1.165, 1.54) is 0 Å². The lowest BCUT2D eigenvalue weighted by Gasteiger charge is -2.32. The van der Waals surface area contributed by atoms with Gasteiger partial charge >= 0.3 is 0 Å². The van der Waals surface area contributed by atoms with Gasteiger partial charge in [0.2, 0.25) is 10.0 Å². The summed E-state index contributed by atoms with van der Waals surface area (Å²) in [5, 5.41) is 0.614. The highest BCUT2D eigenvalue weighted by Gasteiger charge is 2.32. The van der Waals surface area contributed by atoms with Crippen molar-refractivity contribution in [1.82, 2.24) is 4.31 Å². The summed E-state index contributed by atoms with van der Waals surface area (Å²) in [4.78, 5) is 0.392. The predicted octanol–water partition coefficient (Wildman–Crippen LogP) is 3.52. The maximum absolute atomic E-state index is 12.8. The SMILES string of the molecule is Cc1cc(S(=O)(=O)N2CCCC[C@H]2C)c(C)cc1Cl. The molecule has 2 rings (SSSR count). The first kappa shape index (κ1) is 14.8. The lowest BCUT2D eigenvalue weighted by molar-refractivity contribution is 0.268. The molecule has 0 unspecified atom stereocenters. The van der Waals surface area contributed by atoms with Gasteiger partial charge in [0.1, 0.15) is 0 Å². The molecule has 1 aliphatic heterocycles. The fraction of sp³-hybridized carbons (Fsp3) is 0.571. The second kappa shape index (κ2) is 5.43. The predicted molar refractivity (Wildman–Crippen MR) is 78.1 cm³/mol. The third-order valence-electron chi connectivity index (χ3n) is 3.78. The van der Waals surface area contributed by atoms with Gasteiger partial charge in [0.25, 0.3) is 0 Å². The molecule has 0 aromatic heterocycles. The molecule has 3 nitrogen and oxygen atoms in total. The minimum Gasteiger partial charge on any atom is -0.207 e. The fourth-order valence-electron chi connectivity index (χ4n) is 2.59. The number of hydrogen-bond acceptors (Lipinski definition) is 2. The van der Waals surface area contributed by atoms with E-state index in [-0.39, 0.29) is 6.04 Å². The molecule has 106 valence electrons. The van der Waals surface area contributed by atoms with Gasteiger partial charge in [-0.25, -0.2) is 8.42 Å². The van der Waals surface area contributed by atoms with Crippen molar-refractivity contribution >= 4 is 21.6 Å². The Bertz CT molecular complexity index is 583. The van der Waals surface area contributed by atoms with E-state index in [4.69, 9.17) is 11.6 Å². The van der Waals surface area contributed by atoms with Crippen molar-refractivity contribution in [2.24, 2.45) is 0 Å². The van der Waals surface area contributed by atoms with Crippen molar-refractivity contribution in [2.75, 3.05) is 6.54 Å². The molecule has 0 amide bonds. The highest BCUT2D eigenvalue weighted by molar-refractivity contribution is 7.89. The molecule has 0 spiro atoms. The molecule has 5 heteroatoms. The lowest BCUT2D eigenvalue weighted by Crippen LogP contribution is -2.42. The van der Waals surface area contributed by atoms with E-state index in [2.05, 4.69) is 0 Å². The van der Waals surface area contributed by atoms with Gasteiger partial charge < -0.3 is 0 Å². The third-order valence-corrected chi connectivity index (χ3v) is 6.35. The summed E-state index contributed by atoms with van der Waals surface area (Å²) in [5.41, 5.74) is 1.52. The number of halogens is 1. The van der Waals surface area contributed by atoms with E-state index < -0.39 is 10.0 Å². The van der Waals surface area contributed by atoms with E-state index in [0.717, 1.165) is 24.8 Å². The first-order valence-electron chi connectivity index (χ1n) is 6.62. The quantitative estimate of drug-likeness (QED) is 0.838. The van der Waals surface area contributed by atoms with E-state index in [1.54, 1.807) is 23.4 Å². The molecule has 1 heterocycles. The molecule has 0 N–H and O–H groups in total. The Kier molecular flexibility index (Phi) is 4.23. The molecule has 1 aliphatic rings. The van der Waals surface area contributed by atoms with Crippen LogP contribution in [-0.4, -0.2) is 25.3 Å². The van der Waals surface area contributed by atoms with Gasteiger partial charge in [0.15, 0.2) is 0 Å². The van der Waals surface area contributed by atoms with Crippen molar-refractivity contribution in [3.63, 3.8) is 0 Å². The molecule has 1 aromatic carbocycles. The summed E-state index contributed by atoms with van der Waals surface area (Å²) < 4.78 is 27.2. The Morgan fingerprint density at radius 2 is 1.89 bits per heavy atom. The van der Waals surface area contributed by atoms with Crippen LogP contribution in [0.2, 0.25) is 5.02 Å².